The number of hydrogen-bond acceptors (Lipinski definition) is 3. The SMILES string of the molecule is O=S(=O)(c1cc(F)cc(F)c1)N1CCC(COCc2ccccc2)CC1. The van der Waals surface area contributed by atoms with E-state index in [-0.39, 0.29) is 10.8 Å². The Hall–Kier alpha value is -1.83. The highest BCUT2D eigenvalue weighted by Crippen LogP contribution is 2.25. The Kier molecular flexibility index (Phi) is 6.01. The van der Waals surface area contributed by atoms with E-state index in [1.54, 1.807) is 0 Å². The molecule has 26 heavy (non-hydrogen) atoms. The lowest BCUT2D eigenvalue weighted by Gasteiger charge is -2.31. The van der Waals surface area contributed by atoms with Crippen molar-refractivity contribution in [1.29, 1.82) is 0 Å². The van der Waals surface area contributed by atoms with Crippen LogP contribution in [-0.4, -0.2) is 32.4 Å². The predicted octanol–water partition coefficient (Wildman–Crippen LogP) is 3.58. The maximum Gasteiger partial charge on any atom is 0.243 e. The molecule has 3 rings (SSSR count). The van der Waals surface area contributed by atoms with Crippen molar-refractivity contribution in [3.05, 3.63) is 65.7 Å². The Morgan fingerprint density at radius 2 is 1.62 bits per heavy atom. The summed E-state index contributed by atoms with van der Waals surface area (Å²) in [5, 5.41) is 0. The number of nitrogens with zero attached hydrogens (tertiary/aromatic N) is 1. The number of halogens is 2. The molecule has 1 fully saturated rings. The molecule has 0 spiro atoms. The molecule has 0 saturated carbocycles. The van der Waals surface area contributed by atoms with E-state index in [1.807, 2.05) is 30.3 Å². The summed E-state index contributed by atoms with van der Waals surface area (Å²) >= 11 is 0. The van der Waals surface area contributed by atoms with Gasteiger partial charge in [-0.15, -0.1) is 0 Å². The molecule has 0 N–H and O–H groups in total. The number of rotatable bonds is 6. The molecule has 0 bridgehead atoms. The van der Waals surface area contributed by atoms with Crippen molar-refractivity contribution in [2.45, 2.75) is 24.3 Å². The van der Waals surface area contributed by atoms with Gasteiger partial charge in [-0.05, 0) is 36.5 Å². The Morgan fingerprint density at radius 3 is 2.23 bits per heavy atom. The summed E-state index contributed by atoms with van der Waals surface area (Å²) in [5.41, 5.74) is 1.10. The second-order valence-corrected chi connectivity index (χ2v) is 8.39. The van der Waals surface area contributed by atoms with E-state index >= 15 is 0 Å². The fraction of sp³-hybridized carbons (Fsp3) is 0.368. The van der Waals surface area contributed by atoms with Gasteiger partial charge in [-0.25, -0.2) is 17.2 Å². The van der Waals surface area contributed by atoms with Gasteiger partial charge in [0.2, 0.25) is 10.0 Å². The van der Waals surface area contributed by atoms with Gasteiger partial charge in [-0.3, -0.25) is 0 Å². The first-order valence-electron chi connectivity index (χ1n) is 8.53. The molecule has 2 aromatic rings. The Labute approximate surface area is 152 Å². The quantitative estimate of drug-likeness (QED) is 0.768. The molecule has 1 saturated heterocycles. The van der Waals surface area contributed by atoms with E-state index in [1.165, 1.54) is 4.31 Å². The lowest BCUT2D eigenvalue weighted by Crippen LogP contribution is -2.39. The summed E-state index contributed by atoms with van der Waals surface area (Å²) < 4.78 is 58.8. The average molecular weight is 381 g/mol. The molecule has 0 atom stereocenters. The first-order valence-corrected chi connectivity index (χ1v) is 9.97. The molecule has 140 valence electrons. The van der Waals surface area contributed by atoms with Gasteiger partial charge in [0.25, 0.3) is 0 Å². The number of piperidine rings is 1. The van der Waals surface area contributed by atoms with E-state index in [2.05, 4.69) is 0 Å². The largest absolute Gasteiger partial charge is 0.376 e. The third-order valence-electron chi connectivity index (χ3n) is 4.51. The van der Waals surface area contributed by atoms with Gasteiger partial charge in [0, 0.05) is 25.8 Å². The fourth-order valence-corrected chi connectivity index (χ4v) is 4.57. The molecule has 0 unspecified atom stereocenters. The monoisotopic (exact) mass is 381 g/mol. The van der Waals surface area contributed by atoms with Crippen molar-refractivity contribution in [1.82, 2.24) is 4.31 Å². The molecule has 1 heterocycles. The summed E-state index contributed by atoms with van der Waals surface area (Å²) in [5.74, 6) is -1.52. The van der Waals surface area contributed by atoms with Crippen LogP contribution in [0.3, 0.4) is 0 Å². The predicted molar refractivity (Wildman–Crippen MR) is 93.9 cm³/mol. The van der Waals surface area contributed by atoms with Crippen LogP contribution in [0.15, 0.2) is 53.4 Å². The summed E-state index contributed by atoms with van der Waals surface area (Å²) in [7, 11) is -3.88. The average Bonchev–Trinajstić information content (AvgIpc) is 2.62. The summed E-state index contributed by atoms with van der Waals surface area (Å²) in [6.07, 6.45) is 1.32. The van der Waals surface area contributed by atoms with Crippen LogP contribution in [-0.2, 0) is 21.4 Å². The highest BCUT2D eigenvalue weighted by atomic mass is 32.2. The summed E-state index contributed by atoms with van der Waals surface area (Å²) in [6, 6.07) is 12.2. The third-order valence-corrected chi connectivity index (χ3v) is 6.39. The lowest BCUT2D eigenvalue weighted by molar-refractivity contribution is 0.0688. The maximum absolute atomic E-state index is 13.3. The maximum atomic E-state index is 13.3. The Morgan fingerprint density at radius 1 is 1.00 bits per heavy atom. The second kappa shape index (κ2) is 8.24. The first-order chi connectivity index (χ1) is 12.4. The van der Waals surface area contributed by atoms with Crippen LogP contribution in [0.2, 0.25) is 0 Å². The summed E-state index contributed by atoms with van der Waals surface area (Å²) in [4.78, 5) is -0.339. The van der Waals surface area contributed by atoms with Gasteiger partial charge < -0.3 is 4.74 Å². The molecular formula is C19H21F2NO3S. The van der Waals surface area contributed by atoms with Gasteiger partial charge >= 0.3 is 0 Å². The normalized spacial score (nSPS) is 16.7. The van der Waals surface area contributed by atoms with Crippen LogP contribution < -0.4 is 0 Å². The van der Waals surface area contributed by atoms with Crippen LogP contribution in [0, 0.1) is 17.6 Å². The van der Waals surface area contributed by atoms with Crippen LogP contribution in [0.25, 0.3) is 0 Å². The Bertz CT molecular complexity index is 815. The zero-order valence-corrected chi connectivity index (χ0v) is 15.1. The highest BCUT2D eigenvalue weighted by molar-refractivity contribution is 7.89. The molecule has 4 nitrogen and oxygen atoms in total. The molecule has 0 aromatic heterocycles. The van der Waals surface area contributed by atoms with Crippen molar-refractivity contribution >= 4 is 10.0 Å². The van der Waals surface area contributed by atoms with Crippen molar-refractivity contribution in [2.24, 2.45) is 5.92 Å². The minimum Gasteiger partial charge on any atom is -0.376 e. The zero-order chi connectivity index (χ0) is 18.6. The molecule has 1 aliphatic rings. The smallest absolute Gasteiger partial charge is 0.243 e. The molecule has 0 aliphatic carbocycles. The Balaban J connectivity index is 1.52. The van der Waals surface area contributed by atoms with Crippen molar-refractivity contribution in [2.75, 3.05) is 19.7 Å². The molecule has 1 aliphatic heterocycles. The van der Waals surface area contributed by atoms with Gasteiger partial charge in [0.15, 0.2) is 0 Å². The number of hydrogen-bond donors (Lipinski definition) is 0. The minimum atomic E-state index is -3.88. The van der Waals surface area contributed by atoms with E-state index in [4.69, 9.17) is 4.74 Å². The topological polar surface area (TPSA) is 46.6 Å². The number of benzene rings is 2. The van der Waals surface area contributed by atoms with Crippen molar-refractivity contribution < 1.29 is 21.9 Å². The first kappa shape index (κ1) is 18.9. The third kappa shape index (κ3) is 4.66. The molecule has 7 heteroatoms. The van der Waals surface area contributed by atoms with E-state index in [9.17, 15) is 17.2 Å². The van der Waals surface area contributed by atoms with Crippen LogP contribution >= 0.6 is 0 Å². The van der Waals surface area contributed by atoms with E-state index in [0.29, 0.717) is 45.2 Å². The van der Waals surface area contributed by atoms with Gasteiger partial charge in [0.1, 0.15) is 11.6 Å². The van der Waals surface area contributed by atoms with Gasteiger partial charge in [-0.1, -0.05) is 30.3 Å². The zero-order valence-electron chi connectivity index (χ0n) is 14.3. The molecule has 2 aromatic carbocycles. The number of sulfonamides is 1. The van der Waals surface area contributed by atoms with Crippen LogP contribution in [0.4, 0.5) is 8.78 Å². The van der Waals surface area contributed by atoms with Crippen LogP contribution in [0.1, 0.15) is 18.4 Å². The molecule has 0 amide bonds. The number of ether oxygens (including phenoxy) is 1. The minimum absolute atomic E-state index is 0.273. The van der Waals surface area contributed by atoms with Crippen LogP contribution in [0.5, 0.6) is 0 Å². The highest BCUT2D eigenvalue weighted by Gasteiger charge is 2.30. The summed E-state index contributed by atoms with van der Waals surface area (Å²) in [6.45, 7) is 1.74. The molecule has 0 radical (unpaired) electrons. The van der Waals surface area contributed by atoms with Gasteiger partial charge in [0.05, 0.1) is 11.5 Å². The van der Waals surface area contributed by atoms with Crippen molar-refractivity contribution in [3.8, 4) is 0 Å². The van der Waals surface area contributed by atoms with E-state index < -0.39 is 21.7 Å². The fourth-order valence-electron chi connectivity index (χ4n) is 3.06. The van der Waals surface area contributed by atoms with E-state index in [0.717, 1.165) is 17.7 Å². The second-order valence-electron chi connectivity index (χ2n) is 6.45. The molecular weight excluding hydrogens is 360 g/mol. The lowest BCUT2D eigenvalue weighted by atomic mass is 9.99. The standard InChI is InChI=1S/C19H21F2NO3S/c20-17-10-18(21)12-19(11-17)26(23,24)22-8-6-16(7-9-22)14-25-13-15-4-2-1-3-5-15/h1-5,10-12,16H,6-9,13-14H2. The van der Waals surface area contributed by atoms with Gasteiger partial charge in [-0.2, -0.15) is 4.31 Å². The van der Waals surface area contributed by atoms with Crippen molar-refractivity contribution in [3.63, 3.8) is 0 Å².